The summed E-state index contributed by atoms with van der Waals surface area (Å²) in [6, 6.07) is 6.84. The van der Waals surface area contributed by atoms with E-state index >= 15 is 0 Å². The van der Waals surface area contributed by atoms with Gasteiger partial charge in [-0.2, -0.15) is 0 Å². The lowest BCUT2D eigenvalue weighted by atomic mass is 10.2. The van der Waals surface area contributed by atoms with Crippen molar-refractivity contribution in [2.24, 2.45) is 5.73 Å². The molecule has 4 heteroatoms. The summed E-state index contributed by atoms with van der Waals surface area (Å²) in [5.74, 6) is 0.186. The molecule has 1 aromatic carbocycles. The van der Waals surface area contributed by atoms with Crippen molar-refractivity contribution in [3.05, 3.63) is 29.8 Å². The first kappa shape index (κ1) is 12.5. The van der Waals surface area contributed by atoms with E-state index < -0.39 is 5.91 Å². The molecule has 0 bridgehead atoms. The van der Waals surface area contributed by atoms with Gasteiger partial charge in [0.05, 0.1) is 6.61 Å². The Hall–Kier alpha value is -1.55. The lowest BCUT2D eigenvalue weighted by molar-refractivity contribution is 0.0786. The molecule has 1 amide bonds. The molecule has 1 atom stereocenters. The standard InChI is InChI=1S/C12H17NO3/c1-3-10(8-15-2)16-11-6-4-5-9(7-11)12(13)14/h4-7,10H,3,8H2,1-2H3,(H2,13,14). The lowest BCUT2D eigenvalue weighted by Gasteiger charge is -2.16. The van der Waals surface area contributed by atoms with E-state index in [1.54, 1.807) is 31.4 Å². The van der Waals surface area contributed by atoms with Crippen LogP contribution in [-0.4, -0.2) is 25.7 Å². The molecule has 0 spiro atoms. The Morgan fingerprint density at radius 2 is 2.25 bits per heavy atom. The smallest absolute Gasteiger partial charge is 0.248 e. The Bertz CT molecular complexity index is 352. The number of ether oxygens (including phenoxy) is 2. The number of nitrogens with two attached hydrogens (primary N) is 1. The monoisotopic (exact) mass is 223 g/mol. The molecule has 1 aromatic rings. The molecular formula is C12H17NO3. The second-order valence-electron chi connectivity index (χ2n) is 3.50. The summed E-state index contributed by atoms with van der Waals surface area (Å²) in [6.45, 7) is 2.54. The SMILES string of the molecule is CCC(COC)Oc1cccc(C(N)=O)c1. The Labute approximate surface area is 95.3 Å². The summed E-state index contributed by atoms with van der Waals surface area (Å²) in [5.41, 5.74) is 5.63. The molecule has 2 N–H and O–H groups in total. The third-order valence-corrected chi connectivity index (χ3v) is 2.23. The molecular weight excluding hydrogens is 206 g/mol. The number of carbonyl (C=O) groups is 1. The molecule has 88 valence electrons. The molecule has 1 rings (SSSR count). The minimum absolute atomic E-state index is 0.00636. The van der Waals surface area contributed by atoms with Crippen LogP contribution in [0.15, 0.2) is 24.3 Å². The zero-order chi connectivity index (χ0) is 12.0. The summed E-state index contributed by atoms with van der Waals surface area (Å²) in [5, 5.41) is 0. The fourth-order valence-corrected chi connectivity index (χ4v) is 1.34. The average Bonchev–Trinajstić information content (AvgIpc) is 2.29. The summed E-state index contributed by atoms with van der Waals surface area (Å²) in [7, 11) is 1.63. The second kappa shape index (κ2) is 6.12. The van der Waals surface area contributed by atoms with Gasteiger partial charge in [-0.3, -0.25) is 4.79 Å². The van der Waals surface area contributed by atoms with Crippen molar-refractivity contribution >= 4 is 5.91 Å². The molecule has 4 nitrogen and oxygen atoms in total. The van der Waals surface area contributed by atoms with E-state index in [0.717, 1.165) is 6.42 Å². The van der Waals surface area contributed by atoms with Crippen molar-refractivity contribution in [2.45, 2.75) is 19.4 Å². The number of hydrogen-bond donors (Lipinski definition) is 1. The van der Waals surface area contributed by atoms with Crippen LogP contribution in [0.5, 0.6) is 5.75 Å². The summed E-state index contributed by atoms with van der Waals surface area (Å²) in [6.07, 6.45) is 0.836. The molecule has 0 heterocycles. The number of hydrogen-bond acceptors (Lipinski definition) is 3. The van der Waals surface area contributed by atoms with Gasteiger partial charge in [-0.1, -0.05) is 13.0 Å². The maximum Gasteiger partial charge on any atom is 0.248 e. The van der Waals surface area contributed by atoms with E-state index in [2.05, 4.69) is 0 Å². The van der Waals surface area contributed by atoms with Crippen LogP contribution in [0.3, 0.4) is 0 Å². The predicted molar refractivity (Wildman–Crippen MR) is 61.5 cm³/mol. The normalized spacial score (nSPS) is 12.1. The molecule has 16 heavy (non-hydrogen) atoms. The van der Waals surface area contributed by atoms with Gasteiger partial charge in [0.15, 0.2) is 0 Å². The highest BCUT2D eigenvalue weighted by atomic mass is 16.5. The van der Waals surface area contributed by atoms with Gasteiger partial charge in [0, 0.05) is 12.7 Å². The van der Waals surface area contributed by atoms with Gasteiger partial charge in [-0.15, -0.1) is 0 Å². The molecule has 0 radical (unpaired) electrons. The Kier molecular flexibility index (Phi) is 4.79. The van der Waals surface area contributed by atoms with Crippen molar-refractivity contribution in [3.63, 3.8) is 0 Å². The molecule has 0 aliphatic carbocycles. The lowest BCUT2D eigenvalue weighted by Crippen LogP contribution is -2.21. The van der Waals surface area contributed by atoms with E-state index in [9.17, 15) is 4.79 Å². The highest BCUT2D eigenvalue weighted by Crippen LogP contribution is 2.15. The third-order valence-electron chi connectivity index (χ3n) is 2.23. The highest BCUT2D eigenvalue weighted by molar-refractivity contribution is 5.93. The van der Waals surface area contributed by atoms with Gasteiger partial charge < -0.3 is 15.2 Å². The topological polar surface area (TPSA) is 61.6 Å². The van der Waals surface area contributed by atoms with Gasteiger partial charge in [-0.25, -0.2) is 0 Å². The minimum Gasteiger partial charge on any atom is -0.488 e. The van der Waals surface area contributed by atoms with Crippen molar-refractivity contribution in [2.75, 3.05) is 13.7 Å². The number of benzene rings is 1. The minimum atomic E-state index is -0.453. The van der Waals surface area contributed by atoms with Crippen molar-refractivity contribution in [3.8, 4) is 5.75 Å². The Morgan fingerprint density at radius 3 is 2.81 bits per heavy atom. The highest BCUT2D eigenvalue weighted by Gasteiger charge is 2.08. The predicted octanol–water partition coefficient (Wildman–Crippen LogP) is 1.59. The van der Waals surface area contributed by atoms with Crippen LogP contribution in [0.4, 0.5) is 0 Å². The van der Waals surface area contributed by atoms with E-state index in [-0.39, 0.29) is 6.10 Å². The Morgan fingerprint density at radius 1 is 1.50 bits per heavy atom. The third kappa shape index (κ3) is 3.55. The second-order valence-corrected chi connectivity index (χ2v) is 3.50. The van der Waals surface area contributed by atoms with Gasteiger partial charge in [0.1, 0.15) is 11.9 Å². The van der Waals surface area contributed by atoms with Crippen LogP contribution in [0.2, 0.25) is 0 Å². The van der Waals surface area contributed by atoms with Crippen molar-refractivity contribution in [1.82, 2.24) is 0 Å². The van der Waals surface area contributed by atoms with Crippen LogP contribution in [0.25, 0.3) is 0 Å². The fraction of sp³-hybridized carbons (Fsp3) is 0.417. The maximum atomic E-state index is 11.0. The van der Waals surface area contributed by atoms with Gasteiger partial charge in [-0.05, 0) is 24.6 Å². The van der Waals surface area contributed by atoms with Gasteiger partial charge in [0.2, 0.25) is 5.91 Å². The van der Waals surface area contributed by atoms with Crippen LogP contribution in [0.1, 0.15) is 23.7 Å². The van der Waals surface area contributed by atoms with E-state index in [1.165, 1.54) is 0 Å². The van der Waals surface area contributed by atoms with Crippen molar-refractivity contribution in [1.29, 1.82) is 0 Å². The molecule has 0 saturated carbocycles. The summed E-state index contributed by atoms with van der Waals surface area (Å²) < 4.78 is 10.7. The zero-order valence-corrected chi connectivity index (χ0v) is 9.60. The average molecular weight is 223 g/mol. The van der Waals surface area contributed by atoms with Crippen LogP contribution in [0, 0.1) is 0 Å². The van der Waals surface area contributed by atoms with Crippen LogP contribution in [-0.2, 0) is 4.74 Å². The van der Waals surface area contributed by atoms with E-state index in [0.29, 0.717) is 17.9 Å². The molecule has 0 fully saturated rings. The first-order valence-corrected chi connectivity index (χ1v) is 5.22. The number of methoxy groups -OCH3 is 1. The first-order valence-electron chi connectivity index (χ1n) is 5.22. The largest absolute Gasteiger partial charge is 0.488 e. The van der Waals surface area contributed by atoms with Gasteiger partial charge >= 0.3 is 0 Å². The fourth-order valence-electron chi connectivity index (χ4n) is 1.34. The maximum absolute atomic E-state index is 11.0. The number of primary amides is 1. The molecule has 0 aliphatic rings. The van der Waals surface area contributed by atoms with Crippen molar-refractivity contribution < 1.29 is 14.3 Å². The number of carbonyl (C=O) groups excluding carboxylic acids is 1. The molecule has 0 aliphatic heterocycles. The Balaban J connectivity index is 2.72. The molecule has 1 unspecified atom stereocenters. The number of amides is 1. The van der Waals surface area contributed by atoms with Gasteiger partial charge in [0.25, 0.3) is 0 Å². The van der Waals surface area contributed by atoms with E-state index in [1.807, 2.05) is 6.92 Å². The first-order chi connectivity index (χ1) is 7.67. The quantitative estimate of drug-likeness (QED) is 0.796. The molecule has 0 aromatic heterocycles. The molecule has 0 saturated heterocycles. The number of rotatable bonds is 6. The van der Waals surface area contributed by atoms with Crippen LogP contribution < -0.4 is 10.5 Å². The van der Waals surface area contributed by atoms with E-state index in [4.69, 9.17) is 15.2 Å². The summed E-state index contributed by atoms with van der Waals surface area (Å²) >= 11 is 0. The zero-order valence-electron chi connectivity index (χ0n) is 9.60. The van der Waals surface area contributed by atoms with Crippen LogP contribution >= 0.6 is 0 Å². The summed E-state index contributed by atoms with van der Waals surface area (Å²) in [4.78, 5) is 11.0.